The van der Waals surface area contributed by atoms with E-state index in [4.69, 9.17) is 9.47 Å². The first kappa shape index (κ1) is 22.2. The highest BCUT2D eigenvalue weighted by molar-refractivity contribution is 5.87. The standard InChI is InChI=1S/C20H22N4O6/c25-17(21-23-19(27)13-29-15-7-3-1-4-8-15)11-12-18(26)22-24-20(28)14-30-16-9-5-2-6-10-16/h1-10H,11-14H2,(H,21,25)(H,22,26)(H,23,27)(H,24,28). The van der Waals surface area contributed by atoms with Crippen LogP contribution in [-0.4, -0.2) is 36.8 Å². The van der Waals surface area contributed by atoms with Crippen LogP contribution in [0.5, 0.6) is 11.5 Å². The summed E-state index contributed by atoms with van der Waals surface area (Å²) in [5, 5.41) is 0. The second-order valence-electron chi connectivity index (χ2n) is 5.90. The molecule has 0 spiro atoms. The van der Waals surface area contributed by atoms with Crippen LogP contribution < -0.4 is 31.2 Å². The first-order chi connectivity index (χ1) is 14.5. The molecule has 30 heavy (non-hydrogen) atoms. The van der Waals surface area contributed by atoms with E-state index in [1.807, 2.05) is 12.1 Å². The molecular weight excluding hydrogens is 392 g/mol. The summed E-state index contributed by atoms with van der Waals surface area (Å²) in [5.41, 5.74) is 8.70. The Labute approximate surface area is 172 Å². The van der Waals surface area contributed by atoms with Gasteiger partial charge in [0.15, 0.2) is 13.2 Å². The molecule has 0 atom stereocenters. The molecule has 10 nitrogen and oxygen atoms in total. The van der Waals surface area contributed by atoms with E-state index in [1.54, 1.807) is 48.5 Å². The lowest BCUT2D eigenvalue weighted by Gasteiger charge is -2.10. The van der Waals surface area contributed by atoms with Gasteiger partial charge in [0.25, 0.3) is 11.8 Å². The zero-order chi connectivity index (χ0) is 21.6. The van der Waals surface area contributed by atoms with Gasteiger partial charge in [0, 0.05) is 12.8 Å². The van der Waals surface area contributed by atoms with Crippen molar-refractivity contribution >= 4 is 23.6 Å². The number of carbonyl (C=O) groups is 4. The van der Waals surface area contributed by atoms with Gasteiger partial charge in [0.1, 0.15) is 11.5 Å². The minimum atomic E-state index is -0.572. The van der Waals surface area contributed by atoms with Crippen LogP contribution in [0.15, 0.2) is 60.7 Å². The van der Waals surface area contributed by atoms with Crippen molar-refractivity contribution in [3.05, 3.63) is 60.7 Å². The average molecular weight is 414 g/mol. The second-order valence-corrected chi connectivity index (χ2v) is 5.90. The highest BCUT2D eigenvalue weighted by Gasteiger charge is 2.10. The number of hydrogen-bond donors (Lipinski definition) is 4. The predicted molar refractivity (Wildman–Crippen MR) is 106 cm³/mol. The van der Waals surface area contributed by atoms with Gasteiger partial charge < -0.3 is 9.47 Å². The number of nitrogens with one attached hydrogen (secondary N) is 4. The molecule has 0 saturated heterocycles. The van der Waals surface area contributed by atoms with Crippen molar-refractivity contribution < 1.29 is 28.7 Å². The number of rotatable bonds is 9. The average Bonchev–Trinajstić information content (AvgIpc) is 2.78. The van der Waals surface area contributed by atoms with Crippen LogP contribution in [0.25, 0.3) is 0 Å². The third-order valence-corrected chi connectivity index (χ3v) is 3.49. The van der Waals surface area contributed by atoms with Crippen molar-refractivity contribution in [2.24, 2.45) is 0 Å². The zero-order valence-corrected chi connectivity index (χ0v) is 16.1. The maximum Gasteiger partial charge on any atom is 0.276 e. The Morgan fingerprint density at radius 3 is 1.23 bits per heavy atom. The Kier molecular flexibility index (Phi) is 9.18. The zero-order valence-electron chi connectivity index (χ0n) is 16.1. The maximum absolute atomic E-state index is 11.7. The number of amides is 4. The molecule has 158 valence electrons. The van der Waals surface area contributed by atoms with E-state index >= 15 is 0 Å². The monoisotopic (exact) mass is 414 g/mol. The molecule has 0 bridgehead atoms. The van der Waals surface area contributed by atoms with Crippen LogP contribution in [0.3, 0.4) is 0 Å². The normalized spacial score (nSPS) is 9.73. The van der Waals surface area contributed by atoms with E-state index in [0.717, 1.165) is 0 Å². The molecule has 0 saturated carbocycles. The van der Waals surface area contributed by atoms with Crippen molar-refractivity contribution in [3.8, 4) is 11.5 Å². The largest absolute Gasteiger partial charge is 0.484 e. The van der Waals surface area contributed by atoms with E-state index in [-0.39, 0.29) is 26.1 Å². The minimum absolute atomic E-state index is 0.192. The smallest absolute Gasteiger partial charge is 0.276 e. The molecule has 10 heteroatoms. The Morgan fingerprint density at radius 1 is 0.533 bits per heavy atom. The fourth-order valence-corrected chi connectivity index (χ4v) is 2.03. The summed E-state index contributed by atoms with van der Waals surface area (Å²) in [7, 11) is 0. The van der Waals surface area contributed by atoms with Crippen LogP contribution in [0.2, 0.25) is 0 Å². The molecule has 4 N–H and O–H groups in total. The summed E-state index contributed by atoms with van der Waals surface area (Å²) in [5.74, 6) is -1.21. The number of carbonyl (C=O) groups excluding carboxylic acids is 4. The van der Waals surface area contributed by atoms with Crippen molar-refractivity contribution in [1.82, 2.24) is 21.7 Å². The summed E-state index contributed by atoms with van der Waals surface area (Å²) in [6, 6.07) is 17.4. The fraction of sp³-hybridized carbons (Fsp3) is 0.200. The van der Waals surface area contributed by atoms with Crippen molar-refractivity contribution in [3.63, 3.8) is 0 Å². The Hall–Kier alpha value is -4.08. The quantitative estimate of drug-likeness (QED) is 0.434. The van der Waals surface area contributed by atoms with E-state index in [9.17, 15) is 19.2 Å². The highest BCUT2D eigenvalue weighted by atomic mass is 16.5. The first-order valence-electron chi connectivity index (χ1n) is 9.04. The Balaban J connectivity index is 1.52. The lowest BCUT2D eigenvalue weighted by Crippen LogP contribution is -2.45. The van der Waals surface area contributed by atoms with Gasteiger partial charge in [-0.2, -0.15) is 0 Å². The molecule has 0 fully saturated rings. The second kappa shape index (κ2) is 12.4. The Bertz CT molecular complexity index is 773. The van der Waals surface area contributed by atoms with Crippen molar-refractivity contribution in [1.29, 1.82) is 0 Å². The molecule has 0 heterocycles. The lowest BCUT2D eigenvalue weighted by molar-refractivity contribution is -0.132. The summed E-state index contributed by atoms with van der Waals surface area (Å²) < 4.78 is 10.4. The molecule has 0 unspecified atom stereocenters. The molecule has 0 aliphatic carbocycles. The fourth-order valence-electron chi connectivity index (χ4n) is 2.03. The van der Waals surface area contributed by atoms with Gasteiger partial charge in [-0.3, -0.25) is 40.9 Å². The summed E-state index contributed by atoms with van der Waals surface area (Å²) >= 11 is 0. The first-order valence-corrected chi connectivity index (χ1v) is 9.04. The highest BCUT2D eigenvalue weighted by Crippen LogP contribution is 2.08. The van der Waals surface area contributed by atoms with Gasteiger partial charge in [-0.05, 0) is 24.3 Å². The topological polar surface area (TPSA) is 135 Å². The molecule has 2 rings (SSSR count). The van der Waals surface area contributed by atoms with E-state index < -0.39 is 23.6 Å². The molecule has 4 amide bonds. The molecule has 2 aromatic rings. The van der Waals surface area contributed by atoms with E-state index in [1.165, 1.54) is 0 Å². The van der Waals surface area contributed by atoms with Gasteiger partial charge in [0.05, 0.1) is 0 Å². The van der Waals surface area contributed by atoms with Gasteiger partial charge in [-0.25, -0.2) is 0 Å². The lowest BCUT2D eigenvalue weighted by atomic mass is 10.3. The summed E-state index contributed by atoms with van der Waals surface area (Å²) in [6.07, 6.45) is -0.385. The summed E-state index contributed by atoms with van der Waals surface area (Å²) in [6.45, 7) is -0.552. The predicted octanol–water partition coefficient (Wildman–Crippen LogP) is 0.219. The van der Waals surface area contributed by atoms with Crippen LogP contribution in [0, 0.1) is 0 Å². The molecule has 0 aliphatic rings. The van der Waals surface area contributed by atoms with Crippen LogP contribution in [0.1, 0.15) is 12.8 Å². The molecular formula is C20H22N4O6. The van der Waals surface area contributed by atoms with E-state index in [0.29, 0.717) is 11.5 Å². The van der Waals surface area contributed by atoms with Crippen LogP contribution in [0.4, 0.5) is 0 Å². The minimum Gasteiger partial charge on any atom is -0.484 e. The van der Waals surface area contributed by atoms with Crippen molar-refractivity contribution in [2.75, 3.05) is 13.2 Å². The number of hydrazine groups is 2. The van der Waals surface area contributed by atoms with E-state index in [2.05, 4.69) is 21.7 Å². The van der Waals surface area contributed by atoms with Gasteiger partial charge in [-0.15, -0.1) is 0 Å². The van der Waals surface area contributed by atoms with Gasteiger partial charge in [-0.1, -0.05) is 36.4 Å². The molecule has 0 aromatic heterocycles. The van der Waals surface area contributed by atoms with Gasteiger partial charge in [0.2, 0.25) is 11.8 Å². The third-order valence-electron chi connectivity index (χ3n) is 3.49. The number of ether oxygens (including phenoxy) is 2. The maximum atomic E-state index is 11.7. The van der Waals surface area contributed by atoms with Crippen molar-refractivity contribution in [2.45, 2.75) is 12.8 Å². The summed E-state index contributed by atoms with van der Waals surface area (Å²) in [4.78, 5) is 46.6. The molecule has 0 radical (unpaired) electrons. The SMILES string of the molecule is O=C(CCC(=O)NNC(=O)COc1ccccc1)NNC(=O)COc1ccccc1. The molecule has 2 aromatic carbocycles. The van der Waals surface area contributed by atoms with Gasteiger partial charge >= 0.3 is 0 Å². The molecule has 0 aliphatic heterocycles. The number of hydrogen-bond acceptors (Lipinski definition) is 6. The third kappa shape index (κ3) is 9.22. The van der Waals surface area contributed by atoms with Crippen LogP contribution in [-0.2, 0) is 19.2 Å². The number of benzene rings is 2. The Morgan fingerprint density at radius 2 is 0.867 bits per heavy atom. The number of para-hydroxylation sites is 2. The van der Waals surface area contributed by atoms with Crippen LogP contribution >= 0.6 is 0 Å².